The number of ether oxygens (including phenoxy) is 1. The first kappa shape index (κ1) is 16.5. The van der Waals surface area contributed by atoms with Gasteiger partial charge in [0.1, 0.15) is 18.1 Å². The summed E-state index contributed by atoms with van der Waals surface area (Å²) in [5, 5.41) is 2.68. The van der Waals surface area contributed by atoms with Gasteiger partial charge in [-0.1, -0.05) is 18.2 Å². The third-order valence-electron chi connectivity index (χ3n) is 3.25. The van der Waals surface area contributed by atoms with E-state index in [0.29, 0.717) is 31.8 Å². The standard InChI is InChI=1S/C16H21N3O2S/c1-12-5-3-4-6-14(12)21-10-9-19(2)16(20)13-11-22-15(18-13)7-8-17/h3-6,11H,7-10,17H2,1-2H3. The van der Waals surface area contributed by atoms with Crippen LogP contribution in [0.5, 0.6) is 5.75 Å². The zero-order chi connectivity index (χ0) is 15.9. The number of hydrogen-bond acceptors (Lipinski definition) is 5. The molecule has 1 amide bonds. The first-order valence-electron chi connectivity index (χ1n) is 7.20. The summed E-state index contributed by atoms with van der Waals surface area (Å²) in [5.74, 6) is 0.759. The number of hydrogen-bond donors (Lipinski definition) is 1. The van der Waals surface area contributed by atoms with Crippen LogP contribution in [0, 0.1) is 6.92 Å². The maximum atomic E-state index is 12.3. The van der Waals surface area contributed by atoms with E-state index in [1.54, 1.807) is 17.3 Å². The van der Waals surface area contributed by atoms with Crippen LogP contribution in [0.2, 0.25) is 0 Å². The number of carbonyl (C=O) groups excluding carboxylic acids is 1. The summed E-state index contributed by atoms with van der Waals surface area (Å²) in [6, 6.07) is 7.83. The Labute approximate surface area is 134 Å². The van der Waals surface area contributed by atoms with Crippen molar-refractivity contribution >= 4 is 17.2 Å². The van der Waals surface area contributed by atoms with Crippen molar-refractivity contribution in [2.45, 2.75) is 13.3 Å². The topological polar surface area (TPSA) is 68.5 Å². The fraction of sp³-hybridized carbons (Fsp3) is 0.375. The van der Waals surface area contributed by atoms with Gasteiger partial charge in [0.05, 0.1) is 11.6 Å². The molecule has 2 N–H and O–H groups in total. The minimum absolute atomic E-state index is 0.0899. The molecule has 0 aliphatic rings. The quantitative estimate of drug-likeness (QED) is 0.848. The van der Waals surface area contributed by atoms with Crippen LogP contribution in [0.15, 0.2) is 29.6 Å². The highest BCUT2D eigenvalue weighted by Crippen LogP contribution is 2.16. The fourth-order valence-corrected chi connectivity index (χ4v) is 2.74. The smallest absolute Gasteiger partial charge is 0.273 e. The molecular weight excluding hydrogens is 298 g/mol. The van der Waals surface area contributed by atoms with Crippen molar-refractivity contribution in [1.29, 1.82) is 0 Å². The third-order valence-corrected chi connectivity index (χ3v) is 4.16. The Kier molecular flexibility index (Phi) is 5.91. The summed E-state index contributed by atoms with van der Waals surface area (Å²) >= 11 is 1.47. The molecule has 0 aliphatic heterocycles. The van der Waals surface area contributed by atoms with Crippen LogP contribution in [-0.2, 0) is 6.42 Å². The Morgan fingerprint density at radius 1 is 1.41 bits per heavy atom. The van der Waals surface area contributed by atoms with Gasteiger partial charge in [-0.05, 0) is 25.1 Å². The molecule has 1 aromatic carbocycles. The van der Waals surface area contributed by atoms with Crippen LogP contribution in [0.25, 0.3) is 0 Å². The summed E-state index contributed by atoms with van der Waals surface area (Å²) in [6.45, 7) is 3.50. The van der Waals surface area contributed by atoms with Gasteiger partial charge < -0.3 is 15.4 Å². The van der Waals surface area contributed by atoms with Gasteiger partial charge in [0.15, 0.2) is 0 Å². The van der Waals surface area contributed by atoms with E-state index in [4.69, 9.17) is 10.5 Å². The SMILES string of the molecule is Cc1ccccc1OCCN(C)C(=O)c1csc(CCN)n1. The molecule has 2 rings (SSSR count). The van der Waals surface area contributed by atoms with Gasteiger partial charge in [0.2, 0.25) is 0 Å². The Morgan fingerprint density at radius 2 is 2.18 bits per heavy atom. The van der Waals surface area contributed by atoms with Crippen molar-refractivity contribution in [3.63, 3.8) is 0 Å². The van der Waals surface area contributed by atoms with E-state index in [1.807, 2.05) is 31.2 Å². The van der Waals surface area contributed by atoms with Crippen LogP contribution in [0.4, 0.5) is 0 Å². The number of rotatable bonds is 7. The lowest BCUT2D eigenvalue weighted by Crippen LogP contribution is -2.31. The Hall–Kier alpha value is -1.92. The van der Waals surface area contributed by atoms with Crippen LogP contribution in [0.3, 0.4) is 0 Å². The first-order valence-corrected chi connectivity index (χ1v) is 8.08. The molecule has 0 unspecified atom stereocenters. The van der Waals surface area contributed by atoms with Gasteiger partial charge in [-0.25, -0.2) is 4.98 Å². The van der Waals surface area contributed by atoms with Crippen molar-refractivity contribution in [3.05, 3.63) is 45.9 Å². The molecule has 22 heavy (non-hydrogen) atoms. The second-order valence-corrected chi connectivity index (χ2v) is 5.95. The number of aryl methyl sites for hydroxylation is 1. The summed E-state index contributed by atoms with van der Waals surface area (Å²) in [7, 11) is 1.76. The lowest BCUT2D eigenvalue weighted by molar-refractivity contribution is 0.0768. The second kappa shape index (κ2) is 7.91. The van der Waals surface area contributed by atoms with Crippen molar-refractivity contribution in [2.24, 2.45) is 5.73 Å². The van der Waals surface area contributed by atoms with Crippen LogP contribution in [-0.4, -0.2) is 42.5 Å². The predicted molar refractivity (Wildman–Crippen MR) is 88.5 cm³/mol. The van der Waals surface area contributed by atoms with Gasteiger partial charge in [-0.2, -0.15) is 0 Å². The largest absolute Gasteiger partial charge is 0.491 e. The molecule has 0 saturated carbocycles. The number of para-hydroxylation sites is 1. The lowest BCUT2D eigenvalue weighted by Gasteiger charge is -2.17. The van der Waals surface area contributed by atoms with Crippen molar-refractivity contribution in [1.82, 2.24) is 9.88 Å². The summed E-state index contributed by atoms with van der Waals surface area (Å²) < 4.78 is 5.71. The zero-order valence-electron chi connectivity index (χ0n) is 12.9. The Balaban J connectivity index is 1.84. The average Bonchev–Trinajstić information content (AvgIpc) is 2.97. The number of amides is 1. The monoisotopic (exact) mass is 319 g/mol. The minimum atomic E-state index is -0.0899. The van der Waals surface area contributed by atoms with E-state index in [-0.39, 0.29) is 5.91 Å². The highest BCUT2D eigenvalue weighted by molar-refractivity contribution is 7.09. The Bertz CT molecular complexity index is 627. The summed E-state index contributed by atoms with van der Waals surface area (Å²) in [5.41, 5.74) is 7.06. The molecule has 0 bridgehead atoms. The lowest BCUT2D eigenvalue weighted by atomic mass is 10.2. The van der Waals surface area contributed by atoms with Crippen LogP contribution >= 0.6 is 11.3 Å². The second-order valence-electron chi connectivity index (χ2n) is 5.01. The Morgan fingerprint density at radius 3 is 2.91 bits per heavy atom. The molecular formula is C16H21N3O2S. The predicted octanol–water partition coefficient (Wildman–Crippen LogP) is 2.10. The van der Waals surface area contributed by atoms with Gasteiger partial charge in [0.25, 0.3) is 5.91 Å². The molecule has 0 atom stereocenters. The molecule has 6 heteroatoms. The number of nitrogens with two attached hydrogens (primary N) is 1. The van der Waals surface area contributed by atoms with E-state index < -0.39 is 0 Å². The van der Waals surface area contributed by atoms with Crippen LogP contribution < -0.4 is 10.5 Å². The molecule has 118 valence electrons. The molecule has 0 saturated heterocycles. The molecule has 0 fully saturated rings. The summed E-state index contributed by atoms with van der Waals surface area (Å²) in [6.07, 6.45) is 0.706. The number of nitrogens with zero attached hydrogens (tertiary/aromatic N) is 2. The number of likely N-dealkylation sites (N-methyl/N-ethyl adjacent to an activating group) is 1. The van der Waals surface area contributed by atoms with Gasteiger partial charge in [-0.3, -0.25) is 4.79 Å². The first-order chi connectivity index (χ1) is 10.6. The van der Waals surface area contributed by atoms with Gasteiger partial charge >= 0.3 is 0 Å². The van der Waals surface area contributed by atoms with E-state index in [1.165, 1.54) is 11.3 Å². The minimum Gasteiger partial charge on any atom is -0.491 e. The molecule has 5 nitrogen and oxygen atoms in total. The number of benzene rings is 1. The fourth-order valence-electron chi connectivity index (χ4n) is 1.96. The third kappa shape index (κ3) is 4.29. The van der Waals surface area contributed by atoms with E-state index in [9.17, 15) is 4.79 Å². The van der Waals surface area contributed by atoms with Crippen LogP contribution in [0.1, 0.15) is 21.1 Å². The summed E-state index contributed by atoms with van der Waals surface area (Å²) in [4.78, 5) is 18.2. The highest BCUT2D eigenvalue weighted by atomic mass is 32.1. The normalized spacial score (nSPS) is 10.5. The maximum absolute atomic E-state index is 12.3. The molecule has 2 aromatic rings. The number of aromatic nitrogens is 1. The molecule has 0 aliphatic carbocycles. The van der Waals surface area contributed by atoms with E-state index in [2.05, 4.69) is 4.98 Å². The zero-order valence-corrected chi connectivity index (χ0v) is 13.7. The molecule has 0 spiro atoms. The number of thiazole rings is 1. The molecule has 0 radical (unpaired) electrons. The average molecular weight is 319 g/mol. The maximum Gasteiger partial charge on any atom is 0.273 e. The molecule has 1 heterocycles. The molecule has 1 aromatic heterocycles. The number of carbonyl (C=O) groups is 1. The van der Waals surface area contributed by atoms with E-state index in [0.717, 1.165) is 16.3 Å². The van der Waals surface area contributed by atoms with Crippen molar-refractivity contribution < 1.29 is 9.53 Å². The van der Waals surface area contributed by atoms with Gasteiger partial charge in [0, 0.05) is 18.8 Å². The van der Waals surface area contributed by atoms with E-state index >= 15 is 0 Å². The van der Waals surface area contributed by atoms with Gasteiger partial charge in [-0.15, -0.1) is 11.3 Å². The van der Waals surface area contributed by atoms with Crippen molar-refractivity contribution in [2.75, 3.05) is 26.7 Å². The van der Waals surface area contributed by atoms with Crippen molar-refractivity contribution in [3.8, 4) is 5.75 Å². The highest BCUT2D eigenvalue weighted by Gasteiger charge is 2.15.